The van der Waals surface area contributed by atoms with E-state index < -0.39 is 37.3 Å². The van der Waals surface area contributed by atoms with Gasteiger partial charge in [0.1, 0.15) is 24.4 Å². The largest absolute Gasteiger partial charge is 0.504 e. The van der Waals surface area contributed by atoms with Gasteiger partial charge in [-0.25, -0.2) is 0 Å². The Hall–Kier alpha value is -2.60. The summed E-state index contributed by atoms with van der Waals surface area (Å²) in [5.41, 5.74) is 1.77. The first-order valence-corrected chi connectivity index (χ1v) is 11.9. The van der Waals surface area contributed by atoms with Gasteiger partial charge in [-0.15, -0.1) is 0 Å². The van der Waals surface area contributed by atoms with Crippen LogP contribution in [-0.4, -0.2) is 77.1 Å². The molecule has 0 aromatic heterocycles. The number of aliphatic hydroxyl groups excluding tert-OH is 4. The fourth-order valence-electron chi connectivity index (χ4n) is 4.84. The molecule has 2 aliphatic rings. The molecule has 36 heavy (non-hydrogen) atoms. The zero-order chi connectivity index (χ0) is 26.1. The van der Waals surface area contributed by atoms with Gasteiger partial charge in [-0.2, -0.15) is 0 Å². The molecule has 0 amide bonds. The zero-order valence-corrected chi connectivity index (χ0v) is 20.6. The lowest BCUT2D eigenvalue weighted by atomic mass is 9.85. The highest BCUT2D eigenvalue weighted by atomic mass is 16.7. The first kappa shape index (κ1) is 26.5. The Morgan fingerprint density at radius 1 is 0.750 bits per heavy atom. The lowest BCUT2D eigenvalue weighted by Gasteiger charge is -2.39. The number of ether oxygens (including phenoxy) is 5. The van der Waals surface area contributed by atoms with Gasteiger partial charge < -0.3 is 49.2 Å². The normalized spacial score (nSPS) is 34.4. The molecule has 2 heterocycles. The van der Waals surface area contributed by atoms with Crippen LogP contribution in [0.5, 0.6) is 23.0 Å². The van der Waals surface area contributed by atoms with Crippen molar-refractivity contribution in [1.82, 2.24) is 0 Å². The quantitative estimate of drug-likeness (QED) is 0.376. The Morgan fingerprint density at radius 2 is 1.33 bits per heavy atom. The number of methoxy groups -OCH3 is 2. The van der Waals surface area contributed by atoms with Crippen molar-refractivity contribution in [1.29, 1.82) is 0 Å². The third kappa shape index (κ3) is 4.84. The molecule has 4 rings (SSSR count). The Balaban J connectivity index is 1.55. The average Bonchev–Trinajstić information content (AvgIpc) is 3.18. The van der Waals surface area contributed by atoms with Crippen molar-refractivity contribution in [3.63, 3.8) is 0 Å². The molecule has 0 saturated carbocycles. The van der Waals surface area contributed by atoms with Crippen LogP contribution in [0.15, 0.2) is 36.4 Å². The predicted octanol–water partition coefficient (Wildman–Crippen LogP) is 1.67. The van der Waals surface area contributed by atoms with Gasteiger partial charge in [0.05, 0.1) is 33.0 Å². The molecule has 0 aliphatic carbocycles. The van der Waals surface area contributed by atoms with Crippen LogP contribution in [0.4, 0.5) is 0 Å². The second-order valence-corrected chi connectivity index (χ2v) is 9.35. The van der Waals surface area contributed by atoms with Crippen molar-refractivity contribution in [2.45, 2.75) is 56.8 Å². The summed E-state index contributed by atoms with van der Waals surface area (Å²) < 4.78 is 28.5. The molecule has 2 fully saturated rings. The highest BCUT2D eigenvalue weighted by Crippen LogP contribution is 2.50. The van der Waals surface area contributed by atoms with Gasteiger partial charge in [-0.1, -0.05) is 26.0 Å². The van der Waals surface area contributed by atoms with Crippen molar-refractivity contribution in [2.75, 3.05) is 20.8 Å². The van der Waals surface area contributed by atoms with Crippen molar-refractivity contribution in [2.24, 2.45) is 11.8 Å². The van der Waals surface area contributed by atoms with Crippen LogP contribution < -0.4 is 14.2 Å². The molecule has 5 N–H and O–H groups in total. The minimum atomic E-state index is -1.55. The first-order valence-electron chi connectivity index (χ1n) is 11.9. The molecule has 10 heteroatoms. The lowest BCUT2D eigenvalue weighted by molar-refractivity contribution is -0.277. The van der Waals surface area contributed by atoms with Gasteiger partial charge in [0.2, 0.25) is 6.29 Å². The highest BCUT2D eigenvalue weighted by Gasteiger charge is 2.45. The van der Waals surface area contributed by atoms with Crippen LogP contribution in [0.2, 0.25) is 0 Å². The van der Waals surface area contributed by atoms with Gasteiger partial charge in [-0.3, -0.25) is 0 Å². The highest BCUT2D eigenvalue weighted by molar-refractivity contribution is 5.45. The Morgan fingerprint density at radius 3 is 1.92 bits per heavy atom. The summed E-state index contributed by atoms with van der Waals surface area (Å²) in [6.45, 7) is 3.67. The topological polar surface area (TPSA) is 147 Å². The van der Waals surface area contributed by atoms with Crippen LogP contribution in [0, 0.1) is 11.8 Å². The summed E-state index contributed by atoms with van der Waals surface area (Å²) in [5.74, 6) is 1.38. The molecule has 2 aliphatic heterocycles. The molecular weight excluding hydrogens is 472 g/mol. The van der Waals surface area contributed by atoms with Crippen LogP contribution in [0.1, 0.15) is 37.2 Å². The fraction of sp³-hybridized carbons (Fsp3) is 0.538. The van der Waals surface area contributed by atoms with Gasteiger partial charge in [0.25, 0.3) is 0 Å². The molecule has 2 aromatic rings. The molecule has 9 atom stereocenters. The van der Waals surface area contributed by atoms with E-state index in [-0.39, 0.29) is 35.5 Å². The van der Waals surface area contributed by atoms with E-state index in [0.717, 1.165) is 11.1 Å². The number of phenolic OH excluding ortho intramolecular Hbond substituents is 1. The molecule has 0 bridgehead atoms. The van der Waals surface area contributed by atoms with Crippen molar-refractivity contribution in [3.05, 3.63) is 47.5 Å². The van der Waals surface area contributed by atoms with Crippen LogP contribution in [0.3, 0.4) is 0 Å². The standard InChI is InChI=1S/C26H34O10/c1-12-13(2)25(36-24(12)14-5-7-16(28)18(9-14)32-3)15-6-8-17(19(10-15)33-4)34-26-23(31)22(30)21(29)20(11-27)35-26/h5-10,12-13,20-31H,11H2,1-4H3/t12-,13+,20+,21+,22-,23+,24+,25+,26+/m0/s1. The van der Waals surface area contributed by atoms with Gasteiger partial charge in [0, 0.05) is 0 Å². The monoisotopic (exact) mass is 506 g/mol. The van der Waals surface area contributed by atoms with E-state index >= 15 is 0 Å². The maximum atomic E-state index is 10.3. The first-order chi connectivity index (χ1) is 17.2. The lowest BCUT2D eigenvalue weighted by Crippen LogP contribution is -2.60. The van der Waals surface area contributed by atoms with Gasteiger partial charge in [-0.05, 0) is 47.2 Å². The van der Waals surface area contributed by atoms with Crippen LogP contribution in [0.25, 0.3) is 0 Å². The van der Waals surface area contributed by atoms with E-state index in [4.69, 9.17) is 23.7 Å². The van der Waals surface area contributed by atoms with Gasteiger partial charge >= 0.3 is 0 Å². The van der Waals surface area contributed by atoms with E-state index in [9.17, 15) is 25.5 Å². The summed E-state index contributed by atoms with van der Waals surface area (Å²) in [6, 6.07) is 10.5. The Kier molecular flexibility index (Phi) is 7.93. The molecule has 198 valence electrons. The number of phenols is 1. The van der Waals surface area contributed by atoms with Gasteiger partial charge in [0.15, 0.2) is 23.0 Å². The third-order valence-corrected chi connectivity index (χ3v) is 7.22. The smallest absolute Gasteiger partial charge is 0.229 e. The number of aliphatic hydroxyl groups is 4. The summed E-state index contributed by atoms with van der Waals surface area (Å²) in [4.78, 5) is 0. The second kappa shape index (κ2) is 10.8. The SMILES string of the molecule is COc1cc([C@@H]2O[C@@H](c3ccc(O[C@@H]4O[C@H](CO)[C@@H](O)[C@H](O)[C@H]4O)c(OC)c3)[C@H](C)[C@@H]2C)ccc1O. The maximum Gasteiger partial charge on any atom is 0.229 e. The summed E-state index contributed by atoms with van der Waals surface area (Å²) in [6.07, 6.45) is -7.42. The maximum absolute atomic E-state index is 10.3. The summed E-state index contributed by atoms with van der Waals surface area (Å²) >= 11 is 0. The minimum absolute atomic E-state index is 0.0659. The predicted molar refractivity (Wildman–Crippen MR) is 127 cm³/mol. The van der Waals surface area contributed by atoms with E-state index in [0.29, 0.717) is 11.5 Å². The summed E-state index contributed by atoms with van der Waals surface area (Å²) in [7, 11) is 2.98. The van der Waals surface area contributed by atoms with E-state index in [1.807, 2.05) is 12.1 Å². The number of hydrogen-bond acceptors (Lipinski definition) is 10. The van der Waals surface area contributed by atoms with Crippen molar-refractivity contribution < 1.29 is 49.2 Å². The number of rotatable bonds is 7. The van der Waals surface area contributed by atoms with Crippen LogP contribution >= 0.6 is 0 Å². The third-order valence-electron chi connectivity index (χ3n) is 7.22. The van der Waals surface area contributed by atoms with E-state index in [1.54, 1.807) is 24.3 Å². The van der Waals surface area contributed by atoms with E-state index in [1.165, 1.54) is 14.2 Å². The molecule has 2 saturated heterocycles. The molecule has 0 radical (unpaired) electrons. The zero-order valence-electron chi connectivity index (χ0n) is 20.6. The Labute approximate surface area is 209 Å². The molecule has 0 unspecified atom stereocenters. The fourth-order valence-corrected chi connectivity index (χ4v) is 4.84. The second-order valence-electron chi connectivity index (χ2n) is 9.35. The van der Waals surface area contributed by atoms with Crippen LogP contribution in [-0.2, 0) is 9.47 Å². The minimum Gasteiger partial charge on any atom is -0.504 e. The number of benzene rings is 2. The van der Waals surface area contributed by atoms with Crippen molar-refractivity contribution in [3.8, 4) is 23.0 Å². The summed E-state index contributed by atoms with van der Waals surface area (Å²) in [5, 5.41) is 49.7. The number of aromatic hydroxyl groups is 1. The average molecular weight is 507 g/mol. The Bertz CT molecular complexity index is 1040. The molecule has 10 nitrogen and oxygen atoms in total. The van der Waals surface area contributed by atoms with Crippen molar-refractivity contribution >= 4 is 0 Å². The molecule has 2 aromatic carbocycles. The molecule has 0 spiro atoms. The number of hydrogen-bond donors (Lipinski definition) is 5. The molecular formula is C26H34O10. The van der Waals surface area contributed by atoms with E-state index in [2.05, 4.69) is 13.8 Å².